The van der Waals surface area contributed by atoms with Crippen molar-refractivity contribution in [1.82, 2.24) is 15.5 Å². The van der Waals surface area contributed by atoms with E-state index in [1.165, 1.54) is 4.88 Å². The van der Waals surface area contributed by atoms with Gasteiger partial charge in [0, 0.05) is 44.1 Å². The van der Waals surface area contributed by atoms with E-state index in [0.29, 0.717) is 17.9 Å². The summed E-state index contributed by atoms with van der Waals surface area (Å²) in [6.45, 7) is 12.4. The van der Waals surface area contributed by atoms with E-state index >= 15 is 0 Å². The Hall–Kier alpha value is -1.11. The maximum absolute atomic E-state index is 5.49. The summed E-state index contributed by atoms with van der Waals surface area (Å²) in [5.41, 5.74) is 0. The van der Waals surface area contributed by atoms with Gasteiger partial charge in [-0.1, -0.05) is 26.8 Å². The molecule has 1 saturated heterocycles. The lowest BCUT2D eigenvalue weighted by molar-refractivity contribution is 0.00752. The van der Waals surface area contributed by atoms with Crippen LogP contribution in [0.1, 0.15) is 25.6 Å². The van der Waals surface area contributed by atoms with Crippen LogP contribution in [0.4, 0.5) is 0 Å². The third-order valence-corrected chi connectivity index (χ3v) is 5.63. The molecule has 142 valence electrons. The minimum Gasteiger partial charge on any atom is -0.379 e. The fourth-order valence-corrected chi connectivity index (χ4v) is 4.10. The zero-order valence-electron chi connectivity index (χ0n) is 16.1. The summed E-state index contributed by atoms with van der Waals surface area (Å²) in [5.74, 6) is 2.08. The summed E-state index contributed by atoms with van der Waals surface area (Å²) in [6, 6.07) is 4.84. The van der Waals surface area contributed by atoms with Crippen LogP contribution in [0.5, 0.6) is 0 Å². The van der Waals surface area contributed by atoms with Crippen molar-refractivity contribution >= 4 is 17.3 Å². The van der Waals surface area contributed by atoms with Gasteiger partial charge >= 0.3 is 0 Å². The van der Waals surface area contributed by atoms with E-state index in [2.05, 4.69) is 58.8 Å². The first kappa shape index (κ1) is 20.2. The van der Waals surface area contributed by atoms with Gasteiger partial charge in [-0.15, -0.1) is 11.3 Å². The lowest BCUT2D eigenvalue weighted by atomic mass is 10.0. The molecule has 0 bridgehead atoms. The van der Waals surface area contributed by atoms with Crippen LogP contribution in [0.15, 0.2) is 22.5 Å². The van der Waals surface area contributed by atoms with E-state index in [-0.39, 0.29) is 0 Å². The predicted octanol–water partition coefficient (Wildman–Crippen LogP) is 2.45. The molecule has 1 aliphatic heterocycles. The molecule has 2 rings (SSSR count). The molecule has 2 unspecified atom stereocenters. The highest BCUT2D eigenvalue weighted by Gasteiger charge is 2.23. The van der Waals surface area contributed by atoms with Crippen LogP contribution in [0.2, 0.25) is 0 Å². The standard InChI is InChI=1S/C19H34N4OS/c1-15(2)18(23-7-9-24-10-8-23)14-22-19(20-4)21-13-16(3)12-17-6-5-11-25-17/h5-6,11,15-16,18H,7-10,12-14H2,1-4H3,(H2,20,21,22). The molecule has 2 atom stereocenters. The van der Waals surface area contributed by atoms with E-state index in [1.807, 2.05) is 18.4 Å². The Morgan fingerprint density at radius 1 is 1.24 bits per heavy atom. The van der Waals surface area contributed by atoms with Crippen LogP contribution in [0.25, 0.3) is 0 Å². The Labute approximate surface area is 156 Å². The number of rotatable bonds is 8. The monoisotopic (exact) mass is 366 g/mol. The van der Waals surface area contributed by atoms with Gasteiger partial charge in [-0.2, -0.15) is 0 Å². The molecule has 1 aromatic heterocycles. The largest absolute Gasteiger partial charge is 0.379 e. The summed E-state index contributed by atoms with van der Waals surface area (Å²) in [6.07, 6.45) is 1.12. The van der Waals surface area contributed by atoms with Crippen molar-refractivity contribution in [2.24, 2.45) is 16.8 Å². The molecule has 1 fully saturated rings. The second-order valence-electron chi connectivity index (χ2n) is 7.18. The highest BCUT2D eigenvalue weighted by Crippen LogP contribution is 2.14. The van der Waals surface area contributed by atoms with E-state index in [0.717, 1.165) is 51.8 Å². The summed E-state index contributed by atoms with van der Waals surface area (Å²) in [5, 5.41) is 9.15. The third kappa shape index (κ3) is 6.96. The number of aliphatic imine (C=N–C) groups is 1. The summed E-state index contributed by atoms with van der Waals surface area (Å²) in [4.78, 5) is 8.37. The number of hydrogen-bond donors (Lipinski definition) is 2. The molecule has 25 heavy (non-hydrogen) atoms. The van der Waals surface area contributed by atoms with Gasteiger partial charge in [0.15, 0.2) is 5.96 Å². The van der Waals surface area contributed by atoms with Gasteiger partial charge in [-0.25, -0.2) is 0 Å². The fourth-order valence-electron chi connectivity index (χ4n) is 3.23. The molecule has 0 radical (unpaired) electrons. The van der Waals surface area contributed by atoms with Crippen LogP contribution in [0, 0.1) is 11.8 Å². The number of morpholine rings is 1. The summed E-state index contributed by atoms with van der Waals surface area (Å²) in [7, 11) is 1.85. The molecular formula is C19H34N4OS. The van der Waals surface area contributed by atoms with Gasteiger partial charge < -0.3 is 15.4 Å². The first-order valence-corrected chi connectivity index (χ1v) is 10.3. The zero-order chi connectivity index (χ0) is 18.1. The first-order chi connectivity index (χ1) is 12.1. The van der Waals surface area contributed by atoms with Crippen molar-refractivity contribution in [1.29, 1.82) is 0 Å². The van der Waals surface area contributed by atoms with Crippen molar-refractivity contribution in [2.45, 2.75) is 33.2 Å². The Morgan fingerprint density at radius 3 is 2.56 bits per heavy atom. The molecule has 0 amide bonds. The third-order valence-electron chi connectivity index (χ3n) is 4.73. The number of nitrogens with one attached hydrogen (secondary N) is 2. The molecule has 1 aromatic rings. The molecule has 2 N–H and O–H groups in total. The van der Waals surface area contributed by atoms with E-state index in [1.54, 1.807) is 0 Å². The Kier molecular flexibility index (Phi) is 8.72. The Balaban J connectivity index is 1.75. The molecule has 6 heteroatoms. The molecule has 1 aliphatic rings. The van der Waals surface area contributed by atoms with Crippen LogP contribution < -0.4 is 10.6 Å². The van der Waals surface area contributed by atoms with Crippen molar-refractivity contribution in [3.8, 4) is 0 Å². The number of nitrogens with zero attached hydrogens (tertiary/aromatic N) is 2. The molecule has 2 heterocycles. The minimum absolute atomic E-state index is 0.506. The SMILES string of the molecule is CN=C(NCC(C)Cc1cccs1)NCC(C(C)C)N1CCOCC1. The maximum atomic E-state index is 5.49. The normalized spacial score (nSPS) is 19.0. The van der Waals surface area contributed by atoms with Gasteiger partial charge in [-0.05, 0) is 29.7 Å². The Morgan fingerprint density at radius 2 is 1.96 bits per heavy atom. The Bertz CT molecular complexity index is 498. The fraction of sp³-hybridized carbons (Fsp3) is 0.737. The average Bonchev–Trinajstić information content (AvgIpc) is 3.11. The minimum atomic E-state index is 0.506. The average molecular weight is 367 g/mol. The first-order valence-electron chi connectivity index (χ1n) is 9.38. The predicted molar refractivity (Wildman–Crippen MR) is 108 cm³/mol. The number of ether oxygens (including phenoxy) is 1. The topological polar surface area (TPSA) is 48.9 Å². The van der Waals surface area contributed by atoms with Crippen molar-refractivity contribution in [3.05, 3.63) is 22.4 Å². The van der Waals surface area contributed by atoms with Gasteiger partial charge in [0.25, 0.3) is 0 Å². The number of hydrogen-bond acceptors (Lipinski definition) is 4. The number of thiophene rings is 1. The second-order valence-corrected chi connectivity index (χ2v) is 8.21. The van der Waals surface area contributed by atoms with Gasteiger partial charge in [0.1, 0.15) is 0 Å². The second kappa shape index (κ2) is 10.8. The molecule has 0 spiro atoms. The van der Waals surface area contributed by atoms with Gasteiger partial charge in [0.05, 0.1) is 13.2 Å². The molecule has 5 nitrogen and oxygen atoms in total. The van der Waals surface area contributed by atoms with E-state index in [4.69, 9.17) is 4.74 Å². The summed E-state index contributed by atoms with van der Waals surface area (Å²) >= 11 is 1.84. The molecular weight excluding hydrogens is 332 g/mol. The van der Waals surface area contributed by atoms with Crippen LogP contribution >= 0.6 is 11.3 Å². The number of guanidine groups is 1. The van der Waals surface area contributed by atoms with Gasteiger partial charge in [-0.3, -0.25) is 9.89 Å². The van der Waals surface area contributed by atoms with E-state index < -0.39 is 0 Å². The quantitative estimate of drug-likeness (QED) is 0.548. The van der Waals surface area contributed by atoms with Crippen molar-refractivity contribution in [3.63, 3.8) is 0 Å². The summed E-state index contributed by atoms with van der Waals surface area (Å²) < 4.78 is 5.49. The highest BCUT2D eigenvalue weighted by atomic mass is 32.1. The lowest BCUT2D eigenvalue weighted by Crippen LogP contribution is -2.52. The van der Waals surface area contributed by atoms with Crippen LogP contribution in [-0.4, -0.2) is 63.3 Å². The van der Waals surface area contributed by atoms with Crippen LogP contribution in [-0.2, 0) is 11.2 Å². The highest BCUT2D eigenvalue weighted by molar-refractivity contribution is 7.09. The molecule has 0 aliphatic carbocycles. The van der Waals surface area contributed by atoms with Gasteiger partial charge in [0.2, 0.25) is 0 Å². The smallest absolute Gasteiger partial charge is 0.191 e. The molecule has 0 saturated carbocycles. The van der Waals surface area contributed by atoms with Crippen molar-refractivity contribution < 1.29 is 4.74 Å². The van der Waals surface area contributed by atoms with Crippen LogP contribution in [0.3, 0.4) is 0 Å². The lowest BCUT2D eigenvalue weighted by Gasteiger charge is -2.37. The maximum Gasteiger partial charge on any atom is 0.191 e. The zero-order valence-corrected chi connectivity index (χ0v) is 16.9. The molecule has 0 aromatic carbocycles. The van der Waals surface area contributed by atoms with Crippen molar-refractivity contribution in [2.75, 3.05) is 46.4 Å². The van der Waals surface area contributed by atoms with E-state index in [9.17, 15) is 0 Å².